The first-order chi connectivity index (χ1) is 14.8. The predicted molar refractivity (Wildman–Crippen MR) is 118 cm³/mol. The first-order valence-corrected chi connectivity index (χ1v) is 10.8. The zero-order chi connectivity index (χ0) is 20.3. The summed E-state index contributed by atoms with van der Waals surface area (Å²) in [5.41, 5.74) is 3.27. The number of aromatic nitrogens is 2. The number of rotatable bonds is 4. The zero-order valence-electron chi connectivity index (χ0n) is 17.4. The lowest BCUT2D eigenvalue weighted by atomic mass is 9.99. The second-order valence-electron chi connectivity index (χ2n) is 7.73. The number of amidine groups is 1. The molecule has 3 aliphatic rings. The number of anilines is 3. The van der Waals surface area contributed by atoms with Crippen molar-refractivity contribution in [1.82, 2.24) is 10.2 Å². The first-order valence-electron chi connectivity index (χ1n) is 10.8. The number of fused-ring (bicyclic) bond motifs is 1. The van der Waals surface area contributed by atoms with Crippen LogP contribution in [0.2, 0.25) is 0 Å². The van der Waals surface area contributed by atoms with Crippen LogP contribution in [0.25, 0.3) is 0 Å². The second-order valence-corrected chi connectivity index (χ2v) is 7.73. The Kier molecular flexibility index (Phi) is 5.50. The topological polar surface area (TPSA) is 75.1 Å². The Labute approximate surface area is 176 Å². The van der Waals surface area contributed by atoms with E-state index in [9.17, 15) is 0 Å². The number of hydrogen-bond acceptors (Lipinski definition) is 8. The van der Waals surface area contributed by atoms with E-state index in [1.807, 2.05) is 18.2 Å². The third kappa shape index (κ3) is 3.61. The summed E-state index contributed by atoms with van der Waals surface area (Å²) >= 11 is 0. The molecular weight excluding hydrogens is 380 g/mol. The van der Waals surface area contributed by atoms with Gasteiger partial charge in [-0.05, 0) is 6.42 Å². The van der Waals surface area contributed by atoms with Crippen molar-refractivity contribution >= 4 is 23.2 Å². The van der Waals surface area contributed by atoms with E-state index >= 15 is 0 Å². The van der Waals surface area contributed by atoms with E-state index in [0.717, 1.165) is 66.9 Å². The molecule has 2 fully saturated rings. The van der Waals surface area contributed by atoms with Crippen molar-refractivity contribution in [3.8, 4) is 0 Å². The lowest BCUT2D eigenvalue weighted by molar-refractivity contribution is 0.121. The fourth-order valence-electron chi connectivity index (χ4n) is 4.28. The maximum Gasteiger partial charge on any atom is 0.175 e. The van der Waals surface area contributed by atoms with Crippen LogP contribution < -0.4 is 15.1 Å². The molecule has 8 heteroatoms. The summed E-state index contributed by atoms with van der Waals surface area (Å²) in [5.74, 6) is 2.72. The molecule has 0 saturated carbocycles. The minimum absolute atomic E-state index is 0.0320. The molecule has 1 aromatic heterocycles. The van der Waals surface area contributed by atoms with Crippen LogP contribution in [0.15, 0.2) is 35.3 Å². The Morgan fingerprint density at radius 1 is 0.900 bits per heavy atom. The van der Waals surface area contributed by atoms with Gasteiger partial charge in [0.2, 0.25) is 0 Å². The van der Waals surface area contributed by atoms with Crippen LogP contribution in [-0.2, 0) is 9.47 Å². The van der Waals surface area contributed by atoms with Crippen molar-refractivity contribution in [2.24, 2.45) is 4.99 Å². The van der Waals surface area contributed by atoms with Gasteiger partial charge in [-0.2, -0.15) is 0 Å². The summed E-state index contributed by atoms with van der Waals surface area (Å²) in [5, 5.41) is 13.1. The number of benzene rings is 1. The number of nitrogens with one attached hydrogen (secondary N) is 1. The Hall–Kier alpha value is -2.71. The summed E-state index contributed by atoms with van der Waals surface area (Å²) in [7, 11) is 0. The molecule has 8 nitrogen and oxygen atoms in total. The molecule has 3 aliphatic heterocycles. The Balaban J connectivity index is 1.61. The van der Waals surface area contributed by atoms with Gasteiger partial charge in [0.15, 0.2) is 11.6 Å². The van der Waals surface area contributed by atoms with E-state index in [2.05, 4.69) is 34.2 Å². The monoisotopic (exact) mass is 408 g/mol. The number of ether oxygens (including phenoxy) is 2. The zero-order valence-corrected chi connectivity index (χ0v) is 17.4. The molecule has 0 aliphatic carbocycles. The number of morpholine rings is 2. The quantitative estimate of drug-likeness (QED) is 0.833. The van der Waals surface area contributed by atoms with E-state index in [0.29, 0.717) is 26.4 Å². The van der Waals surface area contributed by atoms with Crippen molar-refractivity contribution < 1.29 is 9.47 Å². The number of hydrogen-bond donors (Lipinski definition) is 1. The second kappa shape index (κ2) is 8.57. The number of nitrogens with zero attached hydrogens (tertiary/aromatic N) is 5. The molecule has 0 bridgehead atoms. The Morgan fingerprint density at radius 2 is 1.50 bits per heavy atom. The highest BCUT2D eigenvalue weighted by atomic mass is 16.5. The van der Waals surface area contributed by atoms with Gasteiger partial charge in [0, 0.05) is 37.3 Å². The molecule has 2 aromatic rings. The third-order valence-electron chi connectivity index (χ3n) is 5.89. The van der Waals surface area contributed by atoms with Crippen molar-refractivity contribution in [2.45, 2.75) is 19.4 Å². The van der Waals surface area contributed by atoms with E-state index in [-0.39, 0.29) is 6.04 Å². The first kappa shape index (κ1) is 19.3. The van der Waals surface area contributed by atoms with Crippen molar-refractivity contribution in [1.29, 1.82) is 0 Å². The van der Waals surface area contributed by atoms with Gasteiger partial charge >= 0.3 is 0 Å². The lowest BCUT2D eigenvalue weighted by Crippen LogP contribution is -2.40. The van der Waals surface area contributed by atoms with Gasteiger partial charge in [-0.3, -0.25) is 4.99 Å². The predicted octanol–water partition coefficient (Wildman–Crippen LogP) is 2.47. The van der Waals surface area contributed by atoms with E-state index in [1.165, 1.54) is 0 Å². The van der Waals surface area contributed by atoms with Gasteiger partial charge in [0.1, 0.15) is 5.84 Å². The summed E-state index contributed by atoms with van der Waals surface area (Å²) < 4.78 is 11.1. The normalized spacial score (nSPS) is 21.6. The molecule has 5 rings (SSSR count). The Morgan fingerprint density at radius 3 is 2.13 bits per heavy atom. The van der Waals surface area contributed by atoms with Crippen LogP contribution in [0.1, 0.15) is 30.5 Å². The fourth-order valence-corrected chi connectivity index (χ4v) is 4.28. The van der Waals surface area contributed by atoms with E-state index in [1.54, 1.807) is 0 Å². The molecule has 4 heterocycles. The molecule has 1 atom stereocenters. The molecular formula is C22H28N6O2. The maximum absolute atomic E-state index is 5.56. The van der Waals surface area contributed by atoms with Crippen molar-refractivity contribution in [3.63, 3.8) is 0 Å². The SMILES string of the molecule is CCC1N=C(c2ccccc2)Nc2c(N3CCOCC3)nnc(N3CCOCC3)c21. The highest BCUT2D eigenvalue weighted by Gasteiger charge is 2.33. The molecule has 30 heavy (non-hydrogen) atoms. The molecule has 2 saturated heterocycles. The third-order valence-corrected chi connectivity index (χ3v) is 5.89. The molecule has 0 amide bonds. The lowest BCUT2D eigenvalue weighted by Gasteiger charge is -2.36. The van der Waals surface area contributed by atoms with E-state index in [4.69, 9.17) is 24.7 Å². The molecule has 0 spiro atoms. The minimum atomic E-state index is 0.0320. The molecule has 1 unspecified atom stereocenters. The minimum Gasteiger partial charge on any atom is -0.378 e. The average Bonchev–Trinajstić information content (AvgIpc) is 2.84. The van der Waals surface area contributed by atoms with Gasteiger partial charge in [-0.1, -0.05) is 37.3 Å². The fraction of sp³-hybridized carbons (Fsp3) is 0.500. The molecule has 1 aromatic carbocycles. The Bertz CT molecular complexity index is 907. The standard InChI is InChI=1S/C22H28N6O2/c1-2-17-18-19(24-20(23-17)16-6-4-3-5-7-16)22(28-10-14-30-15-11-28)26-25-21(18)27-8-12-29-13-9-27/h3-7,17H,2,8-15H2,1H3,(H,23,24). The summed E-state index contributed by atoms with van der Waals surface area (Å²) in [6.07, 6.45) is 0.899. The smallest absolute Gasteiger partial charge is 0.175 e. The molecule has 1 N–H and O–H groups in total. The van der Waals surface area contributed by atoms with Gasteiger partial charge < -0.3 is 24.6 Å². The van der Waals surface area contributed by atoms with Crippen molar-refractivity contribution in [2.75, 3.05) is 67.7 Å². The van der Waals surface area contributed by atoms with Crippen LogP contribution in [0.4, 0.5) is 17.3 Å². The van der Waals surface area contributed by atoms with E-state index < -0.39 is 0 Å². The van der Waals surface area contributed by atoms with Crippen LogP contribution >= 0.6 is 0 Å². The van der Waals surface area contributed by atoms with Gasteiger partial charge in [0.05, 0.1) is 38.2 Å². The van der Waals surface area contributed by atoms with Gasteiger partial charge in [-0.15, -0.1) is 10.2 Å². The van der Waals surface area contributed by atoms with Crippen molar-refractivity contribution in [3.05, 3.63) is 41.5 Å². The maximum atomic E-state index is 5.56. The average molecular weight is 409 g/mol. The van der Waals surface area contributed by atoms with Crippen LogP contribution in [0.5, 0.6) is 0 Å². The van der Waals surface area contributed by atoms with Crippen LogP contribution in [0, 0.1) is 0 Å². The summed E-state index contributed by atoms with van der Waals surface area (Å²) in [6, 6.07) is 10.3. The van der Waals surface area contributed by atoms with Crippen LogP contribution in [-0.4, -0.2) is 68.6 Å². The molecule has 158 valence electrons. The number of aliphatic imine (C=N–C) groups is 1. The van der Waals surface area contributed by atoms with Gasteiger partial charge in [0.25, 0.3) is 0 Å². The van der Waals surface area contributed by atoms with Crippen LogP contribution in [0.3, 0.4) is 0 Å². The molecule has 0 radical (unpaired) electrons. The highest BCUT2D eigenvalue weighted by molar-refractivity contribution is 6.11. The highest BCUT2D eigenvalue weighted by Crippen LogP contribution is 2.43. The van der Waals surface area contributed by atoms with Gasteiger partial charge in [-0.25, -0.2) is 0 Å². The largest absolute Gasteiger partial charge is 0.378 e. The summed E-state index contributed by atoms with van der Waals surface area (Å²) in [4.78, 5) is 9.64. The summed E-state index contributed by atoms with van der Waals surface area (Å²) in [6.45, 7) is 8.30.